The Balaban J connectivity index is 2.22. The quantitative estimate of drug-likeness (QED) is 0.244. The van der Waals surface area contributed by atoms with Gasteiger partial charge in [0, 0.05) is 14.7 Å². The van der Waals surface area contributed by atoms with Crippen LogP contribution in [0.1, 0.15) is 19.8 Å². The zero-order valence-electron chi connectivity index (χ0n) is 17.3. The smallest absolute Gasteiger partial charge is 0.494 e. The predicted octanol–water partition coefficient (Wildman–Crippen LogP) is 6.93. The summed E-state index contributed by atoms with van der Waals surface area (Å²) >= 11 is 0. The molecule has 0 aliphatic rings. The number of hydrogen-bond acceptors (Lipinski definition) is 4. The highest BCUT2D eigenvalue weighted by atomic mass is 32.3. The summed E-state index contributed by atoms with van der Waals surface area (Å²) in [6.07, 6.45) is 1.81. The molecule has 3 aromatic rings. The SMILES string of the molecule is CCCCOc1ccc(S(OS(=O)(=O)C(F)(F)F)(c2ccccc2)c2ccccc2)cc1. The number of rotatable bonds is 9. The molecule has 0 N–H and O–H groups in total. The molecule has 0 radical (unpaired) electrons. The van der Waals surface area contributed by atoms with Crippen LogP contribution >= 0.6 is 10.3 Å². The highest BCUT2D eigenvalue weighted by molar-refractivity contribution is 8.33. The molecule has 0 saturated carbocycles. The second-order valence-corrected chi connectivity index (χ2v) is 11.3. The summed E-state index contributed by atoms with van der Waals surface area (Å²) in [5, 5.41) is 0. The van der Waals surface area contributed by atoms with Gasteiger partial charge in [0.25, 0.3) is 0 Å². The van der Waals surface area contributed by atoms with Crippen molar-refractivity contribution in [2.75, 3.05) is 6.61 Å². The number of ether oxygens (including phenoxy) is 1. The van der Waals surface area contributed by atoms with Gasteiger partial charge in [-0.1, -0.05) is 49.7 Å². The van der Waals surface area contributed by atoms with Crippen molar-refractivity contribution in [2.45, 2.75) is 40.0 Å². The molecular formula is C23H23F3O4S2. The molecule has 0 atom stereocenters. The van der Waals surface area contributed by atoms with Crippen LogP contribution in [0.2, 0.25) is 0 Å². The first-order valence-electron chi connectivity index (χ1n) is 9.89. The van der Waals surface area contributed by atoms with E-state index in [1.54, 1.807) is 84.9 Å². The van der Waals surface area contributed by atoms with Crippen molar-refractivity contribution in [2.24, 2.45) is 0 Å². The molecule has 3 rings (SSSR count). The second kappa shape index (κ2) is 9.97. The first-order valence-corrected chi connectivity index (χ1v) is 12.9. The predicted molar refractivity (Wildman–Crippen MR) is 118 cm³/mol. The summed E-state index contributed by atoms with van der Waals surface area (Å²) < 4.78 is 75.7. The molecule has 0 spiro atoms. The van der Waals surface area contributed by atoms with Crippen LogP contribution in [0.25, 0.3) is 0 Å². The third-order valence-corrected chi connectivity index (χ3v) is 9.46. The standard InChI is InChI=1S/C23H23F3O4S2/c1-2-3-18-29-19-14-16-22(17-15-19)31(20-10-6-4-7-11-20,21-12-8-5-9-13-21)30-32(27,28)23(24,25)26/h4-17H,2-3,18H2,1H3. The first kappa shape index (κ1) is 24.2. The van der Waals surface area contributed by atoms with Gasteiger partial charge in [-0.2, -0.15) is 25.2 Å². The van der Waals surface area contributed by atoms with Gasteiger partial charge in [-0.25, -0.2) is 0 Å². The average Bonchev–Trinajstić information content (AvgIpc) is 2.79. The van der Waals surface area contributed by atoms with Gasteiger partial charge in [-0.15, -0.1) is 0 Å². The molecule has 0 aliphatic carbocycles. The molecular weight excluding hydrogens is 461 g/mol. The van der Waals surface area contributed by atoms with Crippen LogP contribution in [0.5, 0.6) is 5.75 Å². The minimum Gasteiger partial charge on any atom is -0.494 e. The van der Waals surface area contributed by atoms with Gasteiger partial charge in [0.05, 0.1) is 6.61 Å². The fourth-order valence-electron chi connectivity index (χ4n) is 2.99. The van der Waals surface area contributed by atoms with E-state index in [-0.39, 0.29) is 0 Å². The molecule has 0 fully saturated rings. The Morgan fingerprint density at radius 2 is 1.22 bits per heavy atom. The second-order valence-electron chi connectivity index (χ2n) is 6.82. The minimum atomic E-state index is -5.92. The van der Waals surface area contributed by atoms with Gasteiger partial charge in [-0.05, 0) is 65.3 Å². The van der Waals surface area contributed by atoms with E-state index in [9.17, 15) is 21.6 Å². The van der Waals surface area contributed by atoms with Crippen molar-refractivity contribution in [3.05, 3.63) is 84.9 Å². The lowest BCUT2D eigenvalue weighted by molar-refractivity contribution is -0.0496. The number of halogens is 3. The topological polar surface area (TPSA) is 52.6 Å². The summed E-state index contributed by atoms with van der Waals surface area (Å²) in [6.45, 7) is 2.53. The van der Waals surface area contributed by atoms with Gasteiger partial charge < -0.3 is 4.74 Å². The van der Waals surface area contributed by atoms with E-state index in [1.807, 2.05) is 6.92 Å². The summed E-state index contributed by atoms with van der Waals surface area (Å²) in [5.41, 5.74) is -5.57. The summed E-state index contributed by atoms with van der Waals surface area (Å²) in [6, 6.07) is 22.5. The van der Waals surface area contributed by atoms with Gasteiger partial charge in [0.1, 0.15) is 5.75 Å². The Bertz CT molecular complexity index is 1060. The molecule has 32 heavy (non-hydrogen) atoms. The van der Waals surface area contributed by atoms with Gasteiger partial charge >= 0.3 is 15.6 Å². The van der Waals surface area contributed by atoms with E-state index in [4.69, 9.17) is 8.37 Å². The van der Waals surface area contributed by atoms with E-state index in [0.29, 0.717) is 27.0 Å². The van der Waals surface area contributed by atoms with Gasteiger partial charge in [0.15, 0.2) is 0 Å². The lowest BCUT2D eigenvalue weighted by atomic mass is 10.3. The molecule has 3 aromatic carbocycles. The Labute approximate surface area is 187 Å². The third-order valence-electron chi connectivity index (χ3n) is 4.55. The molecule has 4 nitrogen and oxygen atoms in total. The molecule has 0 amide bonds. The fraction of sp³-hybridized carbons (Fsp3) is 0.217. The third kappa shape index (κ3) is 5.11. The van der Waals surface area contributed by atoms with Crippen molar-refractivity contribution in [3.8, 4) is 5.75 Å². The van der Waals surface area contributed by atoms with Crippen LogP contribution in [0.3, 0.4) is 0 Å². The molecule has 0 unspecified atom stereocenters. The van der Waals surface area contributed by atoms with E-state index >= 15 is 0 Å². The van der Waals surface area contributed by atoms with Crippen LogP contribution in [0.15, 0.2) is 99.6 Å². The van der Waals surface area contributed by atoms with E-state index < -0.39 is 25.9 Å². The molecule has 172 valence electrons. The van der Waals surface area contributed by atoms with Crippen molar-refractivity contribution in [3.63, 3.8) is 0 Å². The molecule has 0 bridgehead atoms. The fourth-order valence-corrected chi connectivity index (χ4v) is 7.73. The zero-order valence-corrected chi connectivity index (χ0v) is 18.9. The van der Waals surface area contributed by atoms with Gasteiger partial charge in [0.2, 0.25) is 0 Å². The summed E-state index contributed by atoms with van der Waals surface area (Å²) in [7, 11) is -9.20. The van der Waals surface area contributed by atoms with Crippen molar-refractivity contribution in [1.29, 1.82) is 0 Å². The minimum absolute atomic E-state index is 0.297. The largest absolute Gasteiger partial charge is 0.524 e. The maximum atomic E-state index is 13.4. The number of unbranched alkanes of at least 4 members (excludes halogenated alkanes) is 1. The van der Waals surface area contributed by atoms with Crippen molar-refractivity contribution < 1.29 is 30.0 Å². The molecule has 0 aromatic heterocycles. The van der Waals surface area contributed by atoms with E-state index in [0.717, 1.165) is 12.8 Å². The first-order chi connectivity index (χ1) is 15.2. The van der Waals surface area contributed by atoms with Gasteiger partial charge in [-0.3, -0.25) is 0 Å². The van der Waals surface area contributed by atoms with Crippen LogP contribution in [0, 0.1) is 0 Å². The number of alkyl halides is 3. The molecule has 0 aliphatic heterocycles. The van der Waals surface area contributed by atoms with E-state index in [1.165, 1.54) is 0 Å². The normalized spacial score (nSPS) is 13.0. The zero-order chi connectivity index (χ0) is 23.2. The van der Waals surface area contributed by atoms with Crippen molar-refractivity contribution >= 4 is 20.4 Å². The molecule has 9 heteroatoms. The Morgan fingerprint density at radius 1 is 0.750 bits per heavy atom. The molecule has 0 saturated heterocycles. The van der Waals surface area contributed by atoms with Crippen LogP contribution in [0.4, 0.5) is 13.2 Å². The average molecular weight is 485 g/mol. The maximum absolute atomic E-state index is 13.4. The Kier molecular flexibility index (Phi) is 7.53. The maximum Gasteiger partial charge on any atom is 0.524 e. The van der Waals surface area contributed by atoms with Crippen LogP contribution < -0.4 is 4.74 Å². The highest BCUT2D eigenvalue weighted by Gasteiger charge is 2.52. The lowest BCUT2D eigenvalue weighted by Gasteiger charge is -2.39. The number of hydrogen-bond donors (Lipinski definition) is 0. The Morgan fingerprint density at radius 3 is 1.66 bits per heavy atom. The number of benzene rings is 3. The molecule has 0 heterocycles. The van der Waals surface area contributed by atoms with Crippen molar-refractivity contribution in [1.82, 2.24) is 0 Å². The monoisotopic (exact) mass is 484 g/mol. The van der Waals surface area contributed by atoms with Crippen LogP contribution in [-0.4, -0.2) is 20.5 Å². The summed E-state index contributed by atoms with van der Waals surface area (Å²) in [4.78, 5) is 0.933. The lowest BCUT2D eigenvalue weighted by Crippen LogP contribution is -2.27. The summed E-state index contributed by atoms with van der Waals surface area (Å²) in [5.74, 6) is 0.537. The van der Waals surface area contributed by atoms with Crippen LogP contribution in [-0.2, 0) is 13.7 Å². The highest BCUT2D eigenvalue weighted by Crippen LogP contribution is 2.70. The van der Waals surface area contributed by atoms with E-state index in [2.05, 4.69) is 0 Å². The Hall–Kier alpha value is -2.49.